The van der Waals surface area contributed by atoms with E-state index in [0.717, 1.165) is 28.7 Å². The first kappa shape index (κ1) is 15.2. The number of aryl methyl sites for hydroxylation is 1. The maximum atomic E-state index is 13.4. The van der Waals surface area contributed by atoms with Gasteiger partial charge in [0.15, 0.2) is 5.65 Å². The van der Waals surface area contributed by atoms with Crippen molar-refractivity contribution in [2.24, 2.45) is 0 Å². The first-order chi connectivity index (χ1) is 11.4. The molecular formula is C16H15FN4O2S. The molecule has 1 aliphatic rings. The van der Waals surface area contributed by atoms with Crippen LogP contribution in [-0.4, -0.2) is 33.9 Å². The number of rotatable bonds is 2. The zero-order valence-electron chi connectivity index (χ0n) is 13.0. The largest absolute Gasteiger partial charge is 0.243 e. The average Bonchev–Trinajstić information content (AvgIpc) is 2.95. The first-order valence-corrected chi connectivity index (χ1v) is 8.98. The molecule has 3 aromatic rings. The summed E-state index contributed by atoms with van der Waals surface area (Å²) in [5.41, 5.74) is 3.41. The number of nitrogens with zero attached hydrogens (tertiary/aromatic N) is 4. The SMILES string of the molecule is Cc1cc2ncc3c(n2n1)CCN(S(=O)(=O)c1cccc(F)c1)C3. The first-order valence-electron chi connectivity index (χ1n) is 7.54. The monoisotopic (exact) mass is 346 g/mol. The number of fused-ring (bicyclic) bond motifs is 3. The fourth-order valence-electron chi connectivity index (χ4n) is 3.01. The van der Waals surface area contributed by atoms with Crippen molar-refractivity contribution in [3.8, 4) is 0 Å². The normalized spacial score (nSPS) is 15.6. The number of sulfonamides is 1. The van der Waals surface area contributed by atoms with Gasteiger partial charge in [0, 0.05) is 37.3 Å². The van der Waals surface area contributed by atoms with E-state index >= 15 is 0 Å². The molecule has 0 N–H and O–H groups in total. The summed E-state index contributed by atoms with van der Waals surface area (Å²) >= 11 is 0. The Kier molecular flexibility index (Phi) is 3.40. The Labute approximate surface area is 138 Å². The van der Waals surface area contributed by atoms with E-state index < -0.39 is 15.8 Å². The van der Waals surface area contributed by atoms with Crippen molar-refractivity contribution < 1.29 is 12.8 Å². The Balaban J connectivity index is 1.73. The minimum absolute atomic E-state index is 0.0325. The fraction of sp³-hybridized carbons (Fsp3) is 0.250. The van der Waals surface area contributed by atoms with Crippen LogP contribution < -0.4 is 0 Å². The highest BCUT2D eigenvalue weighted by Gasteiger charge is 2.30. The van der Waals surface area contributed by atoms with E-state index in [4.69, 9.17) is 0 Å². The van der Waals surface area contributed by atoms with E-state index in [0.29, 0.717) is 13.0 Å². The third-order valence-corrected chi connectivity index (χ3v) is 6.01. The molecule has 0 fully saturated rings. The van der Waals surface area contributed by atoms with Gasteiger partial charge >= 0.3 is 0 Å². The summed E-state index contributed by atoms with van der Waals surface area (Å²) in [6, 6.07) is 6.97. The van der Waals surface area contributed by atoms with Crippen molar-refractivity contribution in [1.29, 1.82) is 0 Å². The van der Waals surface area contributed by atoms with Crippen molar-refractivity contribution in [3.05, 3.63) is 59.3 Å². The smallest absolute Gasteiger partial charge is 0.237 e. The third-order valence-electron chi connectivity index (χ3n) is 4.17. The molecule has 0 radical (unpaired) electrons. The van der Waals surface area contributed by atoms with Crippen LogP contribution in [0.3, 0.4) is 0 Å². The van der Waals surface area contributed by atoms with E-state index in [-0.39, 0.29) is 11.4 Å². The standard InChI is InChI=1S/C16H15FN4O2S/c1-11-7-16-18-9-12-10-20(6-5-15(12)21(16)19-11)24(22,23)14-4-2-3-13(17)8-14/h2-4,7-9H,5-6,10H2,1H3. The van der Waals surface area contributed by atoms with Crippen LogP contribution in [0.15, 0.2) is 41.4 Å². The number of benzene rings is 1. The van der Waals surface area contributed by atoms with Crippen LogP contribution >= 0.6 is 0 Å². The molecule has 124 valence electrons. The molecule has 0 aliphatic carbocycles. The third kappa shape index (κ3) is 2.38. The lowest BCUT2D eigenvalue weighted by molar-refractivity contribution is 0.383. The predicted octanol–water partition coefficient (Wildman–Crippen LogP) is 1.92. The summed E-state index contributed by atoms with van der Waals surface area (Å²) in [6.07, 6.45) is 2.23. The Bertz CT molecular complexity index is 1050. The maximum Gasteiger partial charge on any atom is 0.243 e. The fourth-order valence-corrected chi connectivity index (χ4v) is 4.46. The number of hydrogen-bond acceptors (Lipinski definition) is 4. The Morgan fingerprint density at radius 3 is 2.88 bits per heavy atom. The molecule has 6 nitrogen and oxygen atoms in total. The van der Waals surface area contributed by atoms with Crippen molar-refractivity contribution in [2.45, 2.75) is 24.8 Å². The van der Waals surface area contributed by atoms with Gasteiger partial charge in [0.1, 0.15) is 5.82 Å². The van der Waals surface area contributed by atoms with Crippen LogP contribution in [0.2, 0.25) is 0 Å². The molecule has 4 rings (SSSR count). The molecular weight excluding hydrogens is 331 g/mol. The lowest BCUT2D eigenvalue weighted by Gasteiger charge is -2.28. The van der Waals surface area contributed by atoms with Gasteiger partial charge in [0.25, 0.3) is 0 Å². The average molecular weight is 346 g/mol. The molecule has 0 amide bonds. The summed E-state index contributed by atoms with van der Waals surface area (Å²) in [7, 11) is -3.74. The molecule has 1 aromatic carbocycles. The van der Waals surface area contributed by atoms with Gasteiger partial charge in [-0.15, -0.1) is 0 Å². The lowest BCUT2D eigenvalue weighted by Crippen LogP contribution is -2.37. The molecule has 0 unspecified atom stereocenters. The number of hydrogen-bond donors (Lipinski definition) is 0. The van der Waals surface area contributed by atoms with Gasteiger partial charge in [-0.25, -0.2) is 22.3 Å². The van der Waals surface area contributed by atoms with Crippen molar-refractivity contribution in [1.82, 2.24) is 18.9 Å². The van der Waals surface area contributed by atoms with Crippen LogP contribution in [0.4, 0.5) is 4.39 Å². The van der Waals surface area contributed by atoms with Gasteiger partial charge < -0.3 is 0 Å². The van der Waals surface area contributed by atoms with Gasteiger partial charge in [0.05, 0.1) is 16.3 Å². The maximum absolute atomic E-state index is 13.4. The minimum atomic E-state index is -3.74. The van der Waals surface area contributed by atoms with Crippen molar-refractivity contribution >= 4 is 15.7 Å². The quantitative estimate of drug-likeness (QED) is 0.711. The zero-order chi connectivity index (χ0) is 16.9. The highest BCUT2D eigenvalue weighted by atomic mass is 32.2. The molecule has 2 aromatic heterocycles. The van der Waals surface area contributed by atoms with Gasteiger partial charge in [-0.2, -0.15) is 9.40 Å². The van der Waals surface area contributed by atoms with E-state index in [2.05, 4.69) is 10.1 Å². The summed E-state index contributed by atoms with van der Waals surface area (Å²) in [5.74, 6) is -0.566. The molecule has 0 spiro atoms. The Morgan fingerprint density at radius 1 is 1.25 bits per heavy atom. The molecule has 1 aliphatic heterocycles. The summed E-state index contributed by atoms with van der Waals surface area (Å²) in [4.78, 5) is 4.31. The molecule has 24 heavy (non-hydrogen) atoms. The van der Waals surface area contributed by atoms with Gasteiger partial charge in [0.2, 0.25) is 10.0 Å². The zero-order valence-corrected chi connectivity index (χ0v) is 13.8. The highest BCUT2D eigenvalue weighted by Crippen LogP contribution is 2.25. The van der Waals surface area contributed by atoms with E-state index in [1.54, 1.807) is 10.7 Å². The van der Waals surface area contributed by atoms with Crippen LogP contribution in [0.25, 0.3) is 5.65 Å². The molecule has 0 saturated carbocycles. The molecule has 8 heteroatoms. The van der Waals surface area contributed by atoms with Gasteiger partial charge in [-0.05, 0) is 25.1 Å². The van der Waals surface area contributed by atoms with Crippen LogP contribution in [-0.2, 0) is 23.0 Å². The second kappa shape index (κ2) is 5.35. The molecule has 0 bridgehead atoms. The topological polar surface area (TPSA) is 67.6 Å². The predicted molar refractivity (Wildman–Crippen MR) is 85.4 cm³/mol. The van der Waals surface area contributed by atoms with E-state index in [9.17, 15) is 12.8 Å². The van der Waals surface area contributed by atoms with Crippen molar-refractivity contribution in [3.63, 3.8) is 0 Å². The van der Waals surface area contributed by atoms with Gasteiger partial charge in [-0.3, -0.25) is 0 Å². The van der Waals surface area contributed by atoms with E-state index in [1.165, 1.54) is 22.5 Å². The summed E-state index contributed by atoms with van der Waals surface area (Å²) < 4.78 is 42.0. The number of halogens is 1. The molecule has 0 atom stereocenters. The molecule has 0 saturated heterocycles. The van der Waals surface area contributed by atoms with Crippen LogP contribution in [0.1, 0.15) is 17.0 Å². The summed E-state index contributed by atoms with van der Waals surface area (Å²) in [5, 5.41) is 4.42. The minimum Gasteiger partial charge on any atom is -0.237 e. The van der Waals surface area contributed by atoms with E-state index in [1.807, 2.05) is 13.0 Å². The second-order valence-corrected chi connectivity index (χ2v) is 7.77. The Morgan fingerprint density at radius 2 is 2.08 bits per heavy atom. The second-order valence-electron chi connectivity index (χ2n) is 5.83. The molecule has 3 heterocycles. The van der Waals surface area contributed by atoms with Crippen LogP contribution in [0.5, 0.6) is 0 Å². The van der Waals surface area contributed by atoms with Gasteiger partial charge in [-0.1, -0.05) is 6.07 Å². The highest BCUT2D eigenvalue weighted by molar-refractivity contribution is 7.89. The van der Waals surface area contributed by atoms with Crippen molar-refractivity contribution in [2.75, 3.05) is 6.54 Å². The number of aromatic nitrogens is 3. The lowest BCUT2D eigenvalue weighted by atomic mass is 10.1. The Hall–Kier alpha value is -2.32. The van der Waals surface area contributed by atoms with Crippen LogP contribution in [0, 0.1) is 12.7 Å². The summed E-state index contributed by atoms with van der Waals surface area (Å²) in [6.45, 7) is 2.42.